The summed E-state index contributed by atoms with van der Waals surface area (Å²) in [4.78, 5) is 12.3. The van der Waals surface area contributed by atoms with Gasteiger partial charge < -0.3 is 14.8 Å². The first kappa shape index (κ1) is 20.1. The zero-order valence-electron chi connectivity index (χ0n) is 15.5. The molecule has 0 aliphatic heterocycles. The van der Waals surface area contributed by atoms with E-state index in [2.05, 4.69) is 25.2 Å². The van der Waals surface area contributed by atoms with Gasteiger partial charge >= 0.3 is 0 Å². The van der Waals surface area contributed by atoms with Crippen molar-refractivity contribution in [2.75, 3.05) is 13.2 Å². The monoisotopic (exact) mass is 375 g/mol. The van der Waals surface area contributed by atoms with Crippen LogP contribution in [0, 0.1) is 0 Å². The van der Waals surface area contributed by atoms with Crippen LogP contribution in [0.4, 0.5) is 0 Å². The molecule has 5 heteroatoms. The van der Waals surface area contributed by atoms with Crippen molar-refractivity contribution in [2.45, 2.75) is 39.2 Å². The Bertz CT molecular complexity index is 718. The Morgan fingerprint density at radius 1 is 1.15 bits per heavy atom. The van der Waals surface area contributed by atoms with Gasteiger partial charge in [-0.1, -0.05) is 56.6 Å². The van der Waals surface area contributed by atoms with Gasteiger partial charge in [0.1, 0.15) is 18.1 Å². The highest BCUT2D eigenvalue weighted by Crippen LogP contribution is 2.25. The summed E-state index contributed by atoms with van der Waals surface area (Å²) in [5, 5.41) is 3.44. The number of halogens is 1. The number of carbonyl (C=O) groups is 1. The Morgan fingerprint density at radius 2 is 1.92 bits per heavy atom. The van der Waals surface area contributed by atoms with Crippen LogP contribution in [0.1, 0.15) is 38.7 Å². The highest BCUT2D eigenvalue weighted by atomic mass is 35.5. The van der Waals surface area contributed by atoms with E-state index in [4.69, 9.17) is 21.1 Å². The second-order valence-corrected chi connectivity index (χ2v) is 6.74. The van der Waals surface area contributed by atoms with Crippen molar-refractivity contribution in [3.05, 3.63) is 59.1 Å². The van der Waals surface area contributed by atoms with Crippen LogP contribution in [-0.2, 0) is 4.79 Å². The Labute approximate surface area is 160 Å². The molecular formula is C21H26ClNO3. The molecule has 4 nitrogen and oxygen atoms in total. The van der Waals surface area contributed by atoms with E-state index in [1.807, 2.05) is 25.1 Å². The first-order valence-electron chi connectivity index (χ1n) is 8.93. The molecule has 0 saturated heterocycles. The van der Waals surface area contributed by atoms with Crippen molar-refractivity contribution in [3.63, 3.8) is 0 Å². The third-order valence-corrected chi connectivity index (χ3v) is 4.17. The second-order valence-electron chi connectivity index (χ2n) is 6.30. The van der Waals surface area contributed by atoms with E-state index < -0.39 is 6.10 Å². The summed E-state index contributed by atoms with van der Waals surface area (Å²) in [5.74, 6) is 1.67. The number of para-hydroxylation sites is 1. The van der Waals surface area contributed by atoms with Crippen LogP contribution in [0.5, 0.6) is 11.5 Å². The SMILES string of the molecule is CC[C@@H](Oc1cccc(Cl)c1)C(=O)NCCOc1ccccc1C(C)C. The average molecular weight is 376 g/mol. The van der Waals surface area contributed by atoms with Gasteiger partial charge in [-0.3, -0.25) is 4.79 Å². The standard InChI is InChI=1S/C21H26ClNO3/c1-4-19(26-17-9-7-8-16(22)14-17)21(24)23-12-13-25-20-11-6-5-10-18(20)15(2)3/h5-11,14-15,19H,4,12-13H2,1-3H3,(H,23,24)/t19-/m1/s1. The number of amides is 1. The van der Waals surface area contributed by atoms with E-state index >= 15 is 0 Å². The molecule has 0 bridgehead atoms. The average Bonchev–Trinajstić information content (AvgIpc) is 2.63. The van der Waals surface area contributed by atoms with Crippen LogP contribution in [0.3, 0.4) is 0 Å². The third kappa shape index (κ3) is 5.95. The minimum absolute atomic E-state index is 0.159. The maximum atomic E-state index is 12.3. The molecule has 0 heterocycles. The quantitative estimate of drug-likeness (QED) is 0.639. The lowest BCUT2D eigenvalue weighted by Gasteiger charge is -2.18. The Balaban J connectivity index is 1.82. The van der Waals surface area contributed by atoms with Crippen LogP contribution in [0.25, 0.3) is 0 Å². The molecule has 0 fully saturated rings. The van der Waals surface area contributed by atoms with Gasteiger partial charge in [0.25, 0.3) is 5.91 Å². The topological polar surface area (TPSA) is 47.6 Å². The summed E-state index contributed by atoms with van der Waals surface area (Å²) in [6.45, 7) is 6.99. The Morgan fingerprint density at radius 3 is 2.62 bits per heavy atom. The van der Waals surface area contributed by atoms with Crippen LogP contribution < -0.4 is 14.8 Å². The van der Waals surface area contributed by atoms with E-state index in [-0.39, 0.29) is 5.91 Å². The lowest BCUT2D eigenvalue weighted by Crippen LogP contribution is -2.39. The van der Waals surface area contributed by atoms with Gasteiger partial charge in [-0.2, -0.15) is 0 Å². The molecule has 2 aromatic carbocycles. The maximum Gasteiger partial charge on any atom is 0.261 e. The number of nitrogens with one attached hydrogen (secondary N) is 1. The number of hydrogen-bond donors (Lipinski definition) is 1. The molecular weight excluding hydrogens is 350 g/mol. The van der Waals surface area contributed by atoms with E-state index in [0.717, 1.165) is 11.3 Å². The lowest BCUT2D eigenvalue weighted by molar-refractivity contribution is -0.128. The van der Waals surface area contributed by atoms with E-state index in [1.54, 1.807) is 24.3 Å². The Kier molecular flexibility index (Phi) is 7.79. The molecule has 2 aromatic rings. The third-order valence-electron chi connectivity index (χ3n) is 3.94. The molecule has 0 unspecified atom stereocenters. The highest BCUT2D eigenvalue weighted by Gasteiger charge is 2.18. The van der Waals surface area contributed by atoms with Crippen molar-refractivity contribution in [1.82, 2.24) is 5.32 Å². The maximum absolute atomic E-state index is 12.3. The minimum Gasteiger partial charge on any atom is -0.491 e. The van der Waals surface area contributed by atoms with E-state index in [0.29, 0.717) is 36.3 Å². The molecule has 0 saturated carbocycles. The number of benzene rings is 2. The molecule has 0 spiro atoms. The largest absolute Gasteiger partial charge is 0.491 e. The van der Waals surface area contributed by atoms with Crippen molar-refractivity contribution in [1.29, 1.82) is 0 Å². The minimum atomic E-state index is -0.559. The normalized spacial score (nSPS) is 11.9. The zero-order chi connectivity index (χ0) is 18.9. The summed E-state index contributed by atoms with van der Waals surface area (Å²) in [6, 6.07) is 15.0. The number of ether oxygens (including phenoxy) is 2. The summed E-state index contributed by atoms with van der Waals surface area (Å²) >= 11 is 5.95. The molecule has 0 aliphatic carbocycles. The van der Waals surface area contributed by atoms with Gasteiger partial charge in [-0.25, -0.2) is 0 Å². The molecule has 0 aliphatic rings. The number of carbonyl (C=O) groups excluding carboxylic acids is 1. The summed E-state index contributed by atoms with van der Waals surface area (Å²) in [5.41, 5.74) is 1.16. The van der Waals surface area contributed by atoms with Gasteiger partial charge in [0, 0.05) is 5.02 Å². The van der Waals surface area contributed by atoms with E-state index in [9.17, 15) is 4.79 Å². The zero-order valence-corrected chi connectivity index (χ0v) is 16.3. The van der Waals surface area contributed by atoms with Crippen LogP contribution in [0.15, 0.2) is 48.5 Å². The molecule has 1 atom stereocenters. The van der Waals surface area contributed by atoms with Crippen LogP contribution in [-0.4, -0.2) is 25.2 Å². The fourth-order valence-corrected chi connectivity index (χ4v) is 2.75. The fraction of sp³-hybridized carbons (Fsp3) is 0.381. The van der Waals surface area contributed by atoms with E-state index in [1.165, 1.54) is 0 Å². The first-order chi connectivity index (χ1) is 12.5. The lowest BCUT2D eigenvalue weighted by atomic mass is 10.0. The number of rotatable bonds is 9. The van der Waals surface area contributed by atoms with Crippen LogP contribution >= 0.6 is 11.6 Å². The van der Waals surface area contributed by atoms with Crippen molar-refractivity contribution in [2.24, 2.45) is 0 Å². The summed E-state index contributed by atoms with van der Waals surface area (Å²) < 4.78 is 11.6. The molecule has 2 rings (SSSR count). The van der Waals surface area contributed by atoms with Crippen molar-refractivity contribution in [3.8, 4) is 11.5 Å². The molecule has 1 N–H and O–H groups in total. The van der Waals surface area contributed by atoms with Gasteiger partial charge in [0.2, 0.25) is 0 Å². The molecule has 0 radical (unpaired) electrons. The molecule has 1 amide bonds. The second kappa shape index (κ2) is 10.1. The fourth-order valence-electron chi connectivity index (χ4n) is 2.56. The molecule has 26 heavy (non-hydrogen) atoms. The van der Waals surface area contributed by atoms with Crippen LogP contribution in [0.2, 0.25) is 5.02 Å². The summed E-state index contributed by atoms with van der Waals surface area (Å²) in [6.07, 6.45) is 0.00599. The Hall–Kier alpha value is -2.20. The van der Waals surface area contributed by atoms with Crippen molar-refractivity contribution >= 4 is 17.5 Å². The van der Waals surface area contributed by atoms with Gasteiger partial charge in [-0.05, 0) is 42.2 Å². The van der Waals surface area contributed by atoms with Gasteiger partial charge in [0.05, 0.1) is 6.54 Å². The first-order valence-corrected chi connectivity index (χ1v) is 9.30. The summed E-state index contributed by atoms with van der Waals surface area (Å²) in [7, 11) is 0. The van der Waals surface area contributed by atoms with Gasteiger partial charge in [-0.15, -0.1) is 0 Å². The predicted molar refractivity (Wildman–Crippen MR) is 105 cm³/mol. The van der Waals surface area contributed by atoms with Gasteiger partial charge in [0.15, 0.2) is 6.10 Å². The predicted octanol–water partition coefficient (Wildman–Crippen LogP) is 4.82. The molecule has 140 valence electrons. The smallest absolute Gasteiger partial charge is 0.261 e. The number of hydrogen-bond acceptors (Lipinski definition) is 3. The van der Waals surface area contributed by atoms with Crippen molar-refractivity contribution < 1.29 is 14.3 Å². The highest BCUT2D eigenvalue weighted by molar-refractivity contribution is 6.30. The molecule has 0 aromatic heterocycles.